The lowest BCUT2D eigenvalue weighted by Crippen LogP contribution is -1.85. The van der Waals surface area contributed by atoms with E-state index in [1.54, 1.807) is 6.26 Å². The zero-order valence-corrected chi connectivity index (χ0v) is 6.64. The van der Waals surface area contributed by atoms with Crippen molar-refractivity contribution in [3.63, 3.8) is 0 Å². The molecule has 0 aromatic carbocycles. The lowest BCUT2D eigenvalue weighted by molar-refractivity contribution is 0.234. The molecular formula is C7H6Cl2O. The summed E-state index contributed by atoms with van der Waals surface area (Å²) in [7, 11) is 0. The maximum Gasteiger partial charge on any atom is 0.112 e. The van der Waals surface area contributed by atoms with Crippen LogP contribution in [0.25, 0.3) is 0 Å². The van der Waals surface area contributed by atoms with Crippen molar-refractivity contribution >= 4 is 23.2 Å². The molecule has 0 unspecified atom stereocenters. The summed E-state index contributed by atoms with van der Waals surface area (Å²) in [6.45, 7) is 0. The molecule has 1 heterocycles. The highest BCUT2D eigenvalue weighted by atomic mass is 35.5. The molecule has 0 saturated heterocycles. The van der Waals surface area contributed by atoms with E-state index < -0.39 is 0 Å². The van der Waals surface area contributed by atoms with Crippen LogP contribution in [0, 0.1) is 11.8 Å². The van der Waals surface area contributed by atoms with Gasteiger partial charge in [0.15, 0.2) is 0 Å². The van der Waals surface area contributed by atoms with Gasteiger partial charge in [-0.25, -0.2) is 0 Å². The highest BCUT2D eigenvalue weighted by Crippen LogP contribution is 2.48. The summed E-state index contributed by atoms with van der Waals surface area (Å²) in [6, 6.07) is 0. The van der Waals surface area contributed by atoms with E-state index in [2.05, 4.69) is 0 Å². The van der Waals surface area contributed by atoms with E-state index in [0.29, 0.717) is 22.4 Å². The standard InChI is InChI=1S/C7H6Cl2O/c8-6(9)3-5-4-1-2-10-7(4)5/h1-5,7H/t4-,5+,7-/m1/s1. The van der Waals surface area contributed by atoms with E-state index in [4.69, 9.17) is 27.9 Å². The fourth-order valence-corrected chi connectivity index (χ4v) is 1.62. The normalized spacial score (nSPS) is 40.4. The Morgan fingerprint density at radius 1 is 1.50 bits per heavy atom. The molecule has 3 heteroatoms. The smallest absolute Gasteiger partial charge is 0.112 e. The molecule has 3 atom stereocenters. The van der Waals surface area contributed by atoms with Crippen molar-refractivity contribution in [3.05, 3.63) is 22.9 Å². The molecule has 0 N–H and O–H groups in total. The third-order valence-electron chi connectivity index (χ3n) is 1.92. The zero-order valence-electron chi connectivity index (χ0n) is 5.13. The molecule has 0 amide bonds. The Hall–Kier alpha value is -0.140. The molecule has 0 aromatic heterocycles. The summed E-state index contributed by atoms with van der Waals surface area (Å²) >= 11 is 10.9. The van der Waals surface area contributed by atoms with E-state index in [0.717, 1.165) is 0 Å². The maximum atomic E-state index is 5.47. The van der Waals surface area contributed by atoms with Crippen LogP contribution in [0.4, 0.5) is 0 Å². The topological polar surface area (TPSA) is 9.23 Å². The van der Waals surface area contributed by atoms with E-state index in [9.17, 15) is 0 Å². The second kappa shape index (κ2) is 2.18. The average molecular weight is 177 g/mol. The monoisotopic (exact) mass is 176 g/mol. The molecule has 0 bridgehead atoms. The van der Waals surface area contributed by atoms with Gasteiger partial charge in [-0.1, -0.05) is 23.2 Å². The first-order valence-corrected chi connectivity index (χ1v) is 3.89. The summed E-state index contributed by atoms with van der Waals surface area (Å²) < 4.78 is 5.54. The van der Waals surface area contributed by atoms with Crippen LogP contribution >= 0.6 is 23.2 Å². The summed E-state index contributed by atoms with van der Waals surface area (Å²) in [5.41, 5.74) is 0. The molecular weight excluding hydrogens is 171 g/mol. The molecule has 2 aliphatic rings. The third-order valence-corrected chi connectivity index (χ3v) is 2.17. The molecule has 1 fully saturated rings. The lowest BCUT2D eigenvalue weighted by Gasteiger charge is -1.92. The lowest BCUT2D eigenvalue weighted by atomic mass is 10.3. The Morgan fingerprint density at radius 3 is 2.80 bits per heavy atom. The van der Waals surface area contributed by atoms with Gasteiger partial charge in [0.25, 0.3) is 0 Å². The van der Waals surface area contributed by atoms with Gasteiger partial charge in [-0.05, 0) is 12.2 Å². The van der Waals surface area contributed by atoms with Gasteiger partial charge < -0.3 is 4.74 Å². The van der Waals surface area contributed by atoms with E-state index in [-0.39, 0.29) is 0 Å². The first-order valence-electron chi connectivity index (χ1n) is 3.14. The van der Waals surface area contributed by atoms with Gasteiger partial charge in [-0.3, -0.25) is 0 Å². The Kier molecular flexibility index (Phi) is 1.43. The molecule has 0 aromatic rings. The number of ether oxygens (including phenoxy) is 1. The average Bonchev–Trinajstić information content (AvgIpc) is 2.40. The van der Waals surface area contributed by atoms with Crippen molar-refractivity contribution in [2.24, 2.45) is 11.8 Å². The molecule has 1 aliphatic heterocycles. The van der Waals surface area contributed by atoms with Gasteiger partial charge in [-0.2, -0.15) is 0 Å². The van der Waals surface area contributed by atoms with Crippen LogP contribution in [0.2, 0.25) is 0 Å². The predicted molar refractivity (Wildman–Crippen MR) is 40.8 cm³/mol. The first-order chi connectivity index (χ1) is 4.79. The van der Waals surface area contributed by atoms with Crippen LogP contribution in [0.1, 0.15) is 0 Å². The summed E-state index contributed by atoms with van der Waals surface area (Å²) in [5, 5.41) is 0. The van der Waals surface area contributed by atoms with Gasteiger partial charge in [0.1, 0.15) is 10.6 Å². The van der Waals surface area contributed by atoms with E-state index >= 15 is 0 Å². The van der Waals surface area contributed by atoms with Crippen molar-refractivity contribution in [2.75, 3.05) is 0 Å². The van der Waals surface area contributed by atoms with Crippen molar-refractivity contribution in [2.45, 2.75) is 6.10 Å². The fraction of sp³-hybridized carbons (Fsp3) is 0.429. The van der Waals surface area contributed by atoms with Gasteiger partial charge >= 0.3 is 0 Å². The Morgan fingerprint density at radius 2 is 2.30 bits per heavy atom. The maximum absolute atomic E-state index is 5.47. The Labute approximate surface area is 69.3 Å². The third kappa shape index (κ3) is 0.938. The quantitative estimate of drug-likeness (QED) is 0.597. The Bertz CT molecular complexity index is 206. The molecule has 10 heavy (non-hydrogen) atoms. The molecule has 0 spiro atoms. The molecule has 1 aliphatic carbocycles. The SMILES string of the molecule is ClC(Cl)=C[C@H]1[C@H]2C=CO[C@H]21. The van der Waals surface area contributed by atoms with Gasteiger partial charge in [0, 0.05) is 11.8 Å². The van der Waals surface area contributed by atoms with Crippen LogP contribution in [-0.4, -0.2) is 6.10 Å². The summed E-state index contributed by atoms with van der Waals surface area (Å²) in [4.78, 5) is 0. The van der Waals surface area contributed by atoms with Gasteiger partial charge in [-0.15, -0.1) is 0 Å². The van der Waals surface area contributed by atoms with Crippen molar-refractivity contribution in [1.29, 1.82) is 0 Å². The van der Waals surface area contributed by atoms with Crippen molar-refractivity contribution in [1.82, 2.24) is 0 Å². The Balaban J connectivity index is 2.02. The molecule has 0 radical (unpaired) electrons. The number of halogens is 2. The number of hydrogen-bond donors (Lipinski definition) is 0. The van der Waals surface area contributed by atoms with Crippen LogP contribution in [0.15, 0.2) is 22.9 Å². The van der Waals surface area contributed by atoms with Crippen LogP contribution in [0.3, 0.4) is 0 Å². The number of rotatable bonds is 1. The number of fused-ring (bicyclic) bond motifs is 1. The minimum atomic E-state index is 0.326. The molecule has 54 valence electrons. The summed E-state index contributed by atoms with van der Waals surface area (Å²) in [6.07, 6.45) is 5.94. The molecule has 1 nitrogen and oxygen atoms in total. The second-order valence-electron chi connectivity index (χ2n) is 2.54. The van der Waals surface area contributed by atoms with Gasteiger partial charge in [0.05, 0.1) is 6.26 Å². The second-order valence-corrected chi connectivity index (χ2v) is 3.55. The van der Waals surface area contributed by atoms with Crippen LogP contribution in [0.5, 0.6) is 0 Å². The van der Waals surface area contributed by atoms with Crippen molar-refractivity contribution < 1.29 is 4.74 Å². The van der Waals surface area contributed by atoms with Crippen molar-refractivity contribution in [3.8, 4) is 0 Å². The summed E-state index contributed by atoms with van der Waals surface area (Å²) in [5.74, 6) is 0.961. The minimum Gasteiger partial charge on any atom is -0.497 e. The highest BCUT2D eigenvalue weighted by molar-refractivity contribution is 6.55. The van der Waals surface area contributed by atoms with E-state index in [1.165, 1.54) is 0 Å². The van der Waals surface area contributed by atoms with Crippen LogP contribution in [-0.2, 0) is 4.74 Å². The van der Waals surface area contributed by atoms with E-state index in [1.807, 2.05) is 12.2 Å². The fourth-order valence-electron chi connectivity index (χ4n) is 1.33. The van der Waals surface area contributed by atoms with Crippen LogP contribution < -0.4 is 0 Å². The van der Waals surface area contributed by atoms with Gasteiger partial charge in [0.2, 0.25) is 0 Å². The molecule has 1 saturated carbocycles. The zero-order chi connectivity index (χ0) is 7.14. The number of hydrogen-bond acceptors (Lipinski definition) is 1. The predicted octanol–water partition coefficient (Wildman–Crippen LogP) is 2.46. The highest BCUT2D eigenvalue weighted by Gasteiger charge is 2.51. The first kappa shape index (κ1) is 6.56. The largest absolute Gasteiger partial charge is 0.497 e. The molecule has 2 rings (SSSR count). The minimum absolute atomic E-state index is 0.326.